The Morgan fingerprint density at radius 3 is 2.91 bits per heavy atom. The first-order valence-electron chi connectivity index (χ1n) is 10.5. The van der Waals surface area contributed by atoms with Crippen LogP contribution in [0.15, 0.2) is 48.8 Å². The molecule has 1 aromatic carbocycles. The molecule has 166 valence electrons. The Kier molecular flexibility index (Phi) is 6.32. The van der Waals surface area contributed by atoms with Gasteiger partial charge in [-0.2, -0.15) is 0 Å². The number of carbonyl (C=O) groups is 1. The Bertz CT molecular complexity index is 1140. The van der Waals surface area contributed by atoms with Crippen molar-refractivity contribution in [3.05, 3.63) is 65.9 Å². The second-order valence-corrected chi connectivity index (χ2v) is 7.93. The molecule has 4 rings (SSSR count). The molecule has 1 aliphatic rings. The number of hydrogen-bond donors (Lipinski definition) is 2. The summed E-state index contributed by atoms with van der Waals surface area (Å²) < 4.78 is 18.9. The smallest absolute Gasteiger partial charge is 0.187 e. The molecule has 32 heavy (non-hydrogen) atoms. The molecule has 2 aromatic heterocycles. The molecular formula is C24H26FN5O2. The number of pyridine rings is 2. The summed E-state index contributed by atoms with van der Waals surface area (Å²) in [6, 6.07) is 9.51. The number of nitrogen functional groups attached to an aromatic ring is 1. The zero-order chi connectivity index (χ0) is 22.7. The number of Topliss-reactive ketones (excluding diaryl/α,β-unsaturated/α-hetero) is 1. The summed E-state index contributed by atoms with van der Waals surface area (Å²) in [5.41, 5.74) is 15.5. The highest BCUT2D eigenvalue weighted by Gasteiger charge is 2.22. The third-order valence-electron chi connectivity index (χ3n) is 5.66. The van der Waals surface area contributed by atoms with Crippen molar-refractivity contribution in [3.8, 4) is 17.0 Å². The average Bonchev–Trinajstić information content (AvgIpc) is 2.79. The largest absolute Gasteiger partial charge is 0.496 e. The van der Waals surface area contributed by atoms with Gasteiger partial charge in [-0.1, -0.05) is 0 Å². The summed E-state index contributed by atoms with van der Waals surface area (Å²) in [6.07, 6.45) is 5.53. The second-order valence-electron chi connectivity index (χ2n) is 7.93. The lowest BCUT2D eigenvalue weighted by molar-refractivity contribution is 0.0989. The molecule has 3 aromatic rings. The summed E-state index contributed by atoms with van der Waals surface area (Å²) in [5.74, 6) is -0.309. The standard InChI is InChI=1S/C24H26FN5O2/c1-32-23-12-16(25)4-5-18(23)20-7-6-19(27)24(29-20)22(31)11-15-13-28-9-8-21(15)30-10-2-3-17(26)14-30/h4-9,12-13,17H,2-3,10-11,14,26-27H2,1H3/t17-/m0/s1. The molecule has 8 heteroatoms. The maximum atomic E-state index is 13.6. The summed E-state index contributed by atoms with van der Waals surface area (Å²) in [5, 5.41) is 0. The number of ketones is 1. The molecule has 3 heterocycles. The first kappa shape index (κ1) is 21.7. The van der Waals surface area contributed by atoms with Gasteiger partial charge in [-0.05, 0) is 43.2 Å². The van der Waals surface area contributed by atoms with Gasteiger partial charge in [-0.15, -0.1) is 0 Å². The van der Waals surface area contributed by atoms with Gasteiger partial charge in [0.2, 0.25) is 0 Å². The van der Waals surface area contributed by atoms with E-state index in [-0.39, 0.29) is 29.6 Å². The van der Waals surface area contributed by atoms with Crippen molar-refractivity contribution in [2.45, 2.75) is 25.3 Å². The highest BCUT2D eigenvalue weighted by Crippen LogP contribution is 2.31. The summed E-state index contributed by atoms with van der Waals surface area (Å²) in [7, 11) is 1.46. The van der Waals surface area contributed by atoms with Gasteiger partial charge in [0.1, 0.15) is 17.3 Å². The lowest BCUT2D eigenvalue weighted by Gasteiger charge is -2.33. The van der Waals surface area contributed by atoms with Crippen LogP contribution in [0.4, 0.5) is 15.8 Å². The molecule has 0 bridgehead atoms. The van der Waals surface area contributed by atoms with Crippen molar-refractivity contribution in [3.63, 3.8) is 0 Å². The fraction of sp³-hybridized carbons (Fsp3) is 0.292. The van der Waals surface area contributed by atoms with Crippen LogP contribution in [0.5, 0.6) is 5.75 Å². The van der Waals surface area contributed by atoms with Crippen molar-refractivity contribution in [1.82, 2.24) is 9.97 Å². The zero-order valence-electron chi connectivity index (χ0n) is 17.9. The van der Waals surface area contributed by atoms with E-state index in [9.17, 15) is 9.18 Å². The molecule has 4 N–H and O–H groups in total. The highest BCUT2D eigenvalue weighted by atomic mass is 19.1. The Hall–Kier alpha value is -3.52. The number of ether oxygens (including phenoxy) is 1. The summed E-state index contributed by atoms with van der Waals surface area (Å²) >= 11 is 0. The predicted molar refractivity (Wildman–Crippen MR) is 122 cm³/mol. The molecule has 0 saturated carbocycles. The van der Waals surface area contributed by atoms with Crippen molar-refractivity contribution in [2.75, 3.05) is 30.8 Å². The summed E-state index contributed by atoms with van der Waals surface area (Å²) in [6.45, 7) is 1.63. The number of halogens is 1. The molecule has 1 aliphatic heterocycles. The van der Waals surface area contributed by atoms with Crippen LogP contribution in [0.2, 0.25) is 0 Å². The highest BCUT2D eigenvalue weighted by molar-refractivity contribution is 6.01. The number of carbonyl (C=O) groups excluding carboxylic acids is 1. The first-order valence-corrected chi connectivity index (χ1v) is 10.5. The Morgan fingerprint density at radius 1 is 1.28 bits per heavy atom. The second kappa shape index (κ2) is 9.32. The van der Waals surface area contributed by atoms with E-state index in [0.29, 0.717) is 17.0 Å². The topological polar surface area (TPSA) is 107 Å². The zero-order valence-corrected chi connectivity index (χ0v) is 17.9. The minimum absolute atomic E-state index is 0.107. The predicted octanol–water partition coefficient (Wildman–Crippen LogP) is 3.23. The maximum Gasteiger partial charge on any atom is 0.187 e. The van der Waals surface area contributed by atoms with Crippen LogP contribution >= 0.6 is 0 Å². The number of methoxy groups -OCH3 is 1. The van der Waals surface area contributed by atoms with E-state index in [2.05, 4.69) is 14.9 Å². The van der Waals surface area contributed by atoms with Crippen LogP contribution in [-0.4, -0.2) is 42.0 Å². The number of nitrogens with two attached hydrogens (primary N) is 2. The average molecular weight is 436 g/mol. The number of anilines is 2. The minimum atomic E-state index is -0.418. The van der Waals surface area contributed by atoms with Gasteiger partial charge in [0, 0.05) is 60.8 Å². The van der Waals surface area contributed by atoms with Gasteiger partial charge >= 0.3 is 0 Å². The van der Waals surface area contributed by atoms with Crippen LogP contribution in [0.1, 0.15) is 28.9 Å². The molecule has 1 atom stereocenters. The maximum absolute atomic E-state index is 13.6. The fourth-order valence-corrected chi connectivity index (χ4v) is 4.07. The molecule has 7 nitrogen and oxygen atoms in total. The van der Waals surface area contributed by atoms with E-state index >= 15 is 0 Å². The van der Waals surface area contributed by atoms with Crippen molar-refractivity contribution >= 4 is 17.2 Å². The molecule has 0 unspecified atom stereocenters. The van der Waals surface area contributed by atoms with Crippen molar-refractivity contribution in [1.29, 1.82) is 0 Å². The van der Waals surface area contributed by atoms with Gasteiger partial charge in [-0.25, -0.2) is 9.37 Å². The third kappa shape index (κ3) is 4.55. The molecular weight excluding hydrogens is 409 g/mol. The van der Waals surface area contributed by atoms with E-state index in [1.807, 2.05) is 6.07 Å². The monoisotopic (exact) mass is 435 g/mol. The van der Waals surface area contributed by atoms with E-state index < -0.39 is 5.82 Å². The van der Waals surface area contributed by atoms with Gasteiger partial charge in [0.25, 0.3) is 0 Å². The molecule has 0 aliphatic carbocycles. The lowest BCUT2D eigenvalue weighted by Crippen LogP contribution is -2.43. The number of aromatic nitrogens is 2. The van der Waals surface area contributed by atoms with Gasteiger partial charge in [0.05, 0.1) is 18.5 Å². The van der Waals surface area contributed by atoms with Crippen molar-refractivity contribution in [2.24, 2.45) is 5.73 Å². The number of rotatable bonds is 6. The number of piperidine rings is 1. The molecule has 0 radical (unpaired) electrons. The Labute approximate surface area is 186 Å². The molecule has 1 saturated heterocycles. The molecule has 0 amide bonds. The molecule has 1 fully saturated rings. The van der Waals surface area contributed by atoms with Gasteiger partial charge in [-0.3, -0.25) is 9.78 Å². The molecule has 0 spiro atoms. The lowest BCUT2D eigenvalue weighted by atomic mass is 10.0. The summed E-state index contributed by atoms with van der Waals surface area (Å²) in [4.78, 5) is 24.1. The van der Waals surface area contributed by atoms with E-state index in [1.165, 1.54) is 19.2 Å². The van der Waals surface area contributed by atoms with Crippen LogP contribution in [0.25, 0.3) is 11.3 Å². The van der Waals surface area contributed by atoms with E-state index in [4.69, 9.17) is 16.2 Å². The van der Waals surface area contributed by atoms with E-state index in [0.717, 1.165) is 37.2 Å². The van der Waals surface area contributed by atoms with Gasteiger partial charge in [0.15, 0.2) is 5.78 Å². The Balaban J connectivity index is 1.64. The number of nitrogens with zero attached hydrogens (tertiary/aromatic N) is 3. The van der Waals surface area contributed by atoms with Gasteiger partial charge < -0.3 is 21.1 Å². The number of hydrogen-bond acceptors (Lipinski definition) is 7. The minimum Gasteiger partial charge on any atom is -0.496 e. The van der Waals surface area contributed by atoms with Crippen molar-refractivity contribution < 1.29 is 13.9 Å². The van der Waals surface area contributed by atoms with Crippen LogP contribution in [0, 0.1) is 5.82 Å². The number of benzene rings is 1. The Morgan fingerprint density at radius 2 is 2.12 bits per heavy atom. The van der Waals surface area contributed by atoms with Crippen LogP contribution in [-0.2, 0) is 6.42 Å². The fourth-order valence-electron chi connectivity index (χ4n) is 4.07. The van der Waals surface area contributed by atoms with Crippen LogP contribution < -0.4 is 21.1 Å². The normalized spacial score (nSPS) is 16.1. The van der Waals surface area contributed by atoms with E-state index in [1.54, 1.807) is 30.6 Å². The SMILES string of the molecule is COc1cc(F)ccc1-c1ccc(N)c(C(=O)Cc2cnccc2N2CCC[C@H](N)C2)n1. The van der Waals surface area contributed by atoms with Crippen LogP contribution in [0.3, 0.4) is 0 Å². The quantitative estimate of drug-likeness (QED) is 0.573. The third-order valence-corrected chi connectivity index (χ3v) is 5.66. The first-order chi connectivity index (χ1) is 15.5.